The van der Waals surface area contributed by atoms with E-state index in [0.717, 1.165) is 38.0 Å². The number of carbonyl (C=O) groups is 1. The van der Waals surface area contributed by atoms with Gasteiger partial charge in [0.1, 0.15) is 5.60 Å². The standard InChI is InChI=1S/C18H27N3O4/c1-24-15-10-12(2-3-14(15)22)17(23)21-7-5-18(6-8-21)16-13(4-9-25-18)11-19-20-16/h11-12,14-15,22H,2-10H2,1H3,(H,19,20)/t12-,14+,15-/m0/s1. The van der Waals surface area contributed by atoms with Crippen LogP contribution in [0.5, 0.6) is 0 Å². The van der Waals surface area contributed by atoms with Gasteiger partial charge in [-0.05, 0) is 44.1 Å². The maximum absolute atomic E-state index is 12.9. The lowest BCUT2D eigenvalue weighted by Gasteiger charge is -2.44. The van der Waals surface area contributed by atoms with E-state index in [1.165, 1.54) is 5.56 Å². The first-order valence-electron chi connectivity index (χ1n) is 9.29. The molecule has 0 aromatic carbocycles. The Labute approximate surface area is 147 Å². The van der Waals surface area contributed by atoms with Crippen LogP contribution in [0.4, 0.5) is 0 Å². The molecule has 1 aromatic heterocycles. The highest BCUT2D eigenvalue weighted by molar-refractivity contribution is 5.79. The van der Waals surface area contributed by atoms with Crippen molar-refractivity contribution in [2.75, 3.05) is 26.8 Å². The molecule has 4 rings (SSSR count). The fourth-order valence-electron chi connectivity index (χ4n) is 4.66. The number of aromatic nitrogens is 2. The van der Waals surface area contributed by atoms with E-state index in [1.54, 1.807) is 7.11 Å². The third-order valence-electron chi connectivity index (χ3n) is 6.21. The zero-order valence-electron chi connectivity index (χ0n) is 14.7. The molecule has 3 heterocycles. The molecule has 1 spiro atoms. The van der Waals surface area contributed by atoms with E-state index in [0.29, 0.717) is 25.9 Å². The van der Waals surface area contributed by atoms with Gasteiger partial charge in [0.2, 0.25) is 5.91 Å². The average Bonchev–Trinajstić information content (AvgIpc) is 3.13. The SMILES string of the molecule is CO[C@H]1C[C@@H](C(=O)N2CCC3(CC2)OCCc2cn[nH]c23)CC[C@H]1O. The van der Waals surface area contributed by atoms with Crippen LogP contribution in [-0.2, 0) is 26.3 Å². The number of likely N-dealkylation sites (tertiary alicyclic amines) is 1. The third-order valence-corrected chi connectivity index (χ3v) is 6.21. The molecule has 2 N–H and O–H groups in total. The number of carbonyl (C=O) groups excluding carboxylic acids is 1. The Hall–Kier alpha value is -1.44. The van der Waals surface area contributed by atoms with Crippen molar-refractivity contribution in [3.8, 4) is 0 Å². The fourth-order valence-corrected chi connectivity index (χ4v) is 4.66. The van der Waals surface area contributed by atoms with Crippen LogP contribution in [0.2, 0.25) is 0 Å². The van der Waals surface area contributed by atoms with Gasteiger partial charge in [0.05, 0.1) is 30.7 Å². The summed E-state index contributed by atoms with van der Waals surface area (Å²) in [5.41, 5.74) is 2.04. The summed E-state index contributed by atoms with van der Waals surface area (Å²) in [5, 5.41) is 17.2. The minimum Gasteiger partial charge on any atom is -0.390 e. The number of hydrogen-bond acceptors (Lipinski definition) is 5. The molecular formula is C18H27N3O4. The number of nitrogens with one attached hydrogen (secondary N) is 1. The summed E-state index contributed by atoms with van der Waals surface area (Å²) in [6, 6.07) is 0. The van der Waals surface area contributed by atoms with Gasteiger partial charge in [-0.1, -0.05) is 0 Å². The number of methoxy groups -OCH3 is 1. The molecule has 1 saturated heterocycles. The molecule has 1 aliphatic carbocycles. The lowest BCUT2D eigenvalue weighted by molar-refractivity contribution is -0.149. The van der Waals surface area contributed by atoms with Gasteiger partial charge < -0.3 is 19.5 Å². The molecule has 2 aliphatic heterocycles. The van der Waals surface area contributed by atoms with E-state index in [2.05, 4.69) is 10.2 Å². The maximum Gasteiger partial charge on any atom is 0.225 e. The van der Waals surface area contributed by atoms with E-state index in [9.17, 15) is 9.90 Å². The van der Waals surface area contributed by atoms with Gasteiger partial charge in [0, 0.05) is 26.1 Å². The van der Waals surface area contributed by atoms with Gasteiger partial charge in [-0.15, -0.1) is 0 Å². The smallest absolute Gasteiger partial charge is 0.225 e. The molecule has 0 bridgehead atoms. The lowest BCUT2D eigenvalue weighted by Crippen LogP contribution is -2.51. The normalized spacial score (nSPS) is 31.8. The van der Waals surface area contributed by atoms with Crippen molar-refractivity contribution in [2.45, 2.75) is 56.3 Å². The molecule has 0 unspecified atom stereocenters. The Kier molecular flexibility index (Phi) is 4.56. The summed E-state index contributed by atoms with van der Waals surface area (Å²) in [6.45, 7) is 2.12. The lowest BCUT2D eigenvalue weighted by atomic mass is 9.81. The van der Waals surface area contributed by atoms with Crippen molar-refractivity contribution in [3.05, 3.63) is 17.5 Å². The molecule has 25 heavy (non-hydrogen) atoms. The molecule has 1 saturated carbocycles. The van der Waals surface area contributed by atoms with Crippen molar-refractivity contribution in [3.63, 3.8) is 0 Å². The minimum absolute atomic E-state index is 0.0441. The van der Waals surface area contributed by atoms with Gasteiger partial charge in [-0.3, -0.25) is 9.89 Å². The van der Waals surface area contributed by atoms with Crippen molar-refractivity contribution < 1.29 is 19.4 Å². The summed E-state index contributed by atoms with van der Waals surface area (Å²) >= 11 is 0. The van der Waals surface area contributed by atoms with Crippen LogP contribution in [0.3, 0.4) is 0 Å². The molecule has 2 fully saturated rings. The van der Waals surface area contributed by atoms with E-state index in [4.69, 9.17) is 9.47 Å². The highest BCUT2D eigenvalue weighted by Gasteiger charge is 2.44. The molecule has 7 heteroatoms. The molecule has 3 atom stereocenters. The van der Waals surface area contributed by atoms with Crippen molar-refractivity contribution in [1.29, 1.82) is 0 Å². The number of piperidine rings is 1. The minimum atomic E-state index is -0.451. The van der Waals surface area contributed by atoms with Crippen LogP contribution in [0, 0.1) is 5.92 Å². The van der Waals surface area contributed by atoms with Crippen LogP contribution in [0.1, 0.15) is 43.4 Å². The highest BCUT2D eigenvalue weighted by Crippen LogP contribution is 2.41. The van der Waals surface area contributed by atoms with Crippen LogP contribution < -0.4 is 0 Å². The second kappa shape index (κ2) is 6.70. The number of nitrogens with zero attached hydrogens (tertiary/aromatic N) is 2. The quantitative estimate of drug-likeness (QED) is 0.831. The molecule has 0 radical (unpaired) electrons. The summed E-state index contributed by atoms with van der Waals surface area (Å²) in [5.74, 6) is 0.154. The average molecular weight is 349 g/mol. The number of aliphatic hydroxyl groups is 1. The maximum atomic E-state index is 12.9. The fraction of sp³-hybridized carbons (Fsp3) is 0.778. The number of ether oxygens (including phenoxy) is 2. The highest BCUT2D eigenvalue weighted by atomic mass is 16.5. The Morgan fingerprint density at radius 1 is 1.44 bits per heavy atom. The number of amides is 1. The first-order valence-corrected chi connectivity index (χ1v) is 9.29. The van der Waals surface area contributed by atoms with Crippen molar-refractivity contribution in [2.24, 2.45) is 5.92 Å². The number of rotatable bonds is 2. The van der Waals surface area contributed by atoms with Crippen LogP contribution in [-0.4, -0.2) is 65.1 Å². The van der Waals surface area contributed by atoms with Gasteiger partial charge in [-0.2, -0.15) is 5.10 Å². The first-order chi connectivity index (χ1) is 12.1. The predicted molar refractivity (Wildman–Crippen MR) is 89.9 cm³/mol. The van der Waals surface area contributed by atoms with Crippen molar-refractivity contribution in [1.82, 2.24) is 15.1 Å². The molecule has 138 valence electrons. The summed E-state index contributed by atoms with van der Waals surface area (Å²) in [4.78, 5) is 14.9. The largest absolute Gasteiger partial charge is 0.390 e. The molecular weight excluding hydrogens is 322 g/mol. The van der Waals surface area contributed by atoms with Gasteiger partial charge in [-0.25, -0.2) is 0 Å². The second-order valence-electron chi connectivity index (χ2n) is 7.54. The monoisotopic (exact) mass is 349 g/mol. The Morgan fingerprint density at radius 3 is 3.00 bits per heavy atom. The van der Waals surface area contributed by atoms with E-state index in [1.807, 2.05) is 11.1 Å². The number of aliphatic hydroxyl groups excluding tert-OH is 1. The summed E-state index contributed by atoms with van der Waals surface area (Å²) < 4.78 is 11.5. The van der Waals surface area contributed by atoms with Crippen molar-refractivity contribution >= 4 is 5.91 Å². The molecule has 3 aliphatic rings. The topological polar surface area (TPSA) is 87.7 Å². The number of H-pyrrole nitrogens is 1. The van der Waals surface area contributed by atoms with Gasteiger partial charge in [0.25, 0.3) is 0 Å². The van der Waals surface area contributed by atoms with Crippen LogP contribution in [0.25, 0.3) is 0 Å². The number of hydrogen-bond donors (Lipinski definition) is 2. The number of fused-ring (bicyclic) bond motifs is 2. The molecule has 7 nitrogen and oxygen atoms in total. The Balaban J connectivity index is 1.40. The Morgan fingerprint density at radius 2 is 2.24 bits per heavy atom. The van der Waals surface area contributed by atoms with E-state index in [-0.39, 0.29) is 23.5 Å². The zero-order chi connectivity index (χ0) is 17.4. The molecule has 1 aromatic rings. The van der Waals surface area contributed by atoms with E-state index >= 15 is 0 Å². The van der Waals surface area contributed by atoms with Crippen LogP contribution in [0.15, 0.2) is 6.20 Å². The first kappa shape index (κ1) is 17.0. The predicted octanol–water partition coefficient (Wildman–Crippen LogP) is 0.976. The zero-order valence-corrected chi connectivity index (χ0v) is 14.7. The summed E-state index contributed by atoms with van der Waals surface area (Å²) in [7, 11) is 1.60. The third kappa shape index (κ3) is 2.98. The van der Waals surface area contributed by atoms with Gasteiger partial charge >= 0.3 is 0 Å². The second-order valence-corrected chi connectivity index (χ2v) is 7.54. The van der Waals surface area contributed by atoms with Crippen LogP contribution >= 0.6 is 0 Å². The number of aromatic amines is 1. The summed E-state index contributed by atoms with van der Waals surface area (Å²) in [6.07, 6.45) is 5.71. The molecule has 1 amide bonds. The Bertz CT molecular complexity index is 624. The van der Waals surface area contributed by atoms with Gasteiger partial charge in [0.15, 0.2) is 0 Å². The van der Waals surface area contributed by atoms with E-state index < -0.39 is 6.10 Å².